The maximum absolute atomic E-state index is 13.1. The molecule has 0 unspecified atom stereocenters. The molecule has 5 nitrogen and oxygen atoms in total. The number of hydrogen-bond acceptors (Lipinski definition) is 4. The summed E-state index contributed by atoms with van der Waals surface area (Å²) < 4.78 is 0. The van der Waals surface area contributed by atoms with Crippen LogP contribution in [0.3, 0.4) is 0 Å². The van der Waals surface area contributed by atoms with Gasteiger partial charge in [-0.25, -0.2) is 0 Å². The highest BCUT2D eigenvalue weighted by Crippen LogP contribution is 2.39. The summed E-state index contributed by atoms with van der Waals surface area (Å²) in [5.74, 6) is -0.121. The first-order valence-corrected chi connectivity index (χ1v) is 11.6. The summed E-state index contributed by atoms with van der Waals surface area (Å²) in [4.78, 5) is 35.5. The molecule has 158 valence electrons. The number of rotatable bonds is 3. The van der Waals surface area contributed by atoms with Gasteiger partial charge in [0.25, 0.3) is 0 Å². The van der Waals surface area contributed by atoms with Crippen molar-refractivity contribution >= 4 is 45.5 Å². The smallest absolute Gasteiger partial charge is 0.249 e. The molecule has 2 aliphatic heterocycles. The van der Waals surface area contributed by atoms with Crippen molar-refractivity contribution in [2.75, 3.05) is 31.1 Å². The quantitative estimate of drug-likeness (QED) is 0.695. The first kappa shape index (κ1) is 21.1. The third kappa shape index (κ3) is 4.16. The molecular weight excluding hydrogens is 418 g/mol. The van der Waals surface area contributed by atoms with Crippen LogP contribution in [-0.4, -0.2) is 48.6 Å². The molecule has 4 rings (SSSR count). The number of anilines is 1. The van der Waals surface area contributed by atoms with Gasteiger partial charge in [-0.3, -0.25) is 19.5 Å². The topological polar surface area (TPSA) is 53.0 Å². The molecule has 2 aromatic rings. The molecule has 1 fully saturated rings. The van der Waals surface area contributed by atoms with Crippen molar-refractivity contribution < 1.29 is 9.59 Å². The fourth-order valence-electron chi connectivity index (χ4n) is 4.09. The summed E-state index contributed by atoms with van der Waals surface area (Å²) in [5, 5.41) is 1.44. The van der Waals surface area contributed by atoms with Gasteiger partial charge in [-0.1, -0.05) is 36.6 Å². The Morgan fingerprint density at radius 2 is 1.90 bits per heavy atom. The molecule has 0 aliphatic carbocycles. The van der Waals surface area contributed by atoms with Crippen LogP contribution in [0.2, 0.25) is 5.02 Å². The number of likely N-dealkylation sites (tertiary alicyclic amines) is 1. The van der Waals surface area contributed by atoms with Crippen LogP contribution in [0.15, 0.2) is 29.3 Å². The molecule has 2 aliphatic rings. The molecule has 1 aromatic heterocycles. The number of benzene rings is 1. The second kappa shape index (κ2) is 8.90. The van der Waals surface area contributed by atoms with Gasteiger partial charge in [0.2, 0.25) is 11.8 Å². The molecule has 0 spiro atoms. The van der Waals surface area contributed by atoms with Crippen LogP contribution in [0.5, 0.6) is 0 Å². The van der Waals surface area contributed by atoms with Crippen LogP contribution < -0.4 is 4.90 Å². The fraction of sp³-hybridized carbons (Fsp3) is 0.435. The number of halogens is 1. The minimum atomic E-state index is -0.141. The molecule has 0 N–H and O–H groups in total. The van der Waals surface area contributed by atoms with E-state index >= 15 is 0 Å². The zero-order valence-corrected chi connectivity index (χ0v) is 19.0. The van der Waals surface area contributed by atoms with Crippen molar-refractivity contribution in [3.63, 3.8) is 0 Å². The molecular formula is C23H26ClN3O2S. The van der Waals surface area contributed by atoms with Crippen LogP contribution in [0.4, 0.5) is 5.00 Å². The van der Waals surface area contributed by atoms with Crippen molar-refractivity contribution in [3.05, 3.63) is 50.9 Å². The summed E-state index contributed by atoms with van der Waals surface area (Å²) >= 11 is 7.78. The number of thiophene rings is 1. The van der Waals surface area contributed by atoms with Crippen molar-refractivity contribution in [2.24, 2.45) is 4.99 Å². The van der Waals surface area contributed by atoms with Crippen molar-refractivity contribution in [3.8, 4) is 0 Å². The van der Waals surface area contributed by atoms with E-state index in [1.165, 1.54) is 0 Å². The fourth-order valence-corrected chi connectivity index (χ4v) is 5.45. The lowest BCUT2D eigenvalue weighted by atomic mass is 10.00. The van der Waals surface area contributed by atoms with E-state index in [9.17, 15) is 9.59 Å². The minimum Gasteiger partial charge on any atom is -0.341 e. The molecule has 1 aromatic carbocycles. The Kier molecular flexibility index (Phi) is 6.25. The number of amides is 2. The van der Waals surface area contributed by atoms with Gasteiger partial charge in [0, 0.05) is 34.1 Å². The summed E-state index contributed by atoms with van der Waals surface area (Å²) in [5.41, 5.74) is 3.69. The lowest BCUT2D eigenvalue weighted by Gasteiger charge is -2.25. The average Bonchev–Trinajstić information content (AvgIpc) is 2.93. The Bertz CT molecular complexity index is 1010. The number of fused-ring (bicyclic) bond motifs is 1. The molecule has 30 heavy (non-hydrogen) atoms. The van der Waals surface area contributed by atoms with Gasteiger partial charge in [-0.05, 0) is 44.4 Å². The molecule has 0 radical (unpaired) electrons. The highest BCUT2D eigenvalue weighted by Gasteiger charge is 2.32. The van der Waals surface area contributed by atoms with Gasteiger partial charge in [0.15, 0.2) is 0 Å². The number of nitrogens with zero attached hydrogens (tertiary/aromatic N) is 3. The van der Waals surface area contributed by atoms with E-state index < -0.39 is 0 Å². The second-order valence-corrected chi connectivity index (χ2v) is 9.55. The van der Waals surface area contributed by atoms with Crippen LogP contribution in [0.25, 0.3) is 0 Å². The van der Waals surface area contributed by atoms with E-state index in [4.69, 9.17) is 11.6 Å². The molecule has 2 amide bonds. The minimum absolute atomic E-state index is 0.0195. The van der Waals surface area contributed by atoms with Crippen LogP contribution in [0, 0.1) is 13.8 Å². The zero-order chi connectivity index (χ0) is 21.3. The number of carbonyl (C=O) groups is 2. The highest BCUT2D eigenvalue weighted by molar-refractivity contribution is 7.17. The second-order valence-electron chi connectivity index (χ2n) is 7.91. The van der Waals surface area contributed by atoms with Crippen molar-refractivity contribution in [2.45, 2.75) is 39.5 Å². The number of aryl methyl sites for hydroxylation is 1. The number of aliphatic imine (C=N–C) groups is 1. The van der Waals surface area contributed by atoms with E-state index in [0.29, 0.717) is 5.02 Å². The first-order chi connectivity index (χ1) is 14.5. The van der Waals surface area contributed by atoms with E-state index in [1.807, 2.05) is 36.1 Å². The van der Waals surface area contributed by atoms with E-state index in [0.717, 1.165) is 71.1 Å². The number of carbonyl (C=O) groups excluding carboxylic acids is 2. The third-order valence-electron chi connectivity index (χ3n) is 5.87. The Labute approximate surface area is 186 Å². The third-order valence-corrected chi connectivity index (χ3v) is 7.34. The van der Waals surface area contributed by atoms with E-state index in [1.54, 1.807) is 16.2 Å². The average molecular weight is 444 g/mol. The summed E-state index contributed by atoms with van der Waals surface area (Å²) in [6.07, 6.45) is 4.39. The summed E-state index contributed by atoms with van der Waals surface area (Å²) in [6, 6.07) is 7.55. The maximum atomic E-state index is 13.1. The monoisotopic (exact) mass is 443 g/mol. The predicted molar refractivity (Wildman–Crippen MR) is 123 cm³/mol. The Morgan fingerprint density at radius 1 is 1.17 bits per heavy atom. The molecule has 0 atom stereocenters. The van der Waals surface area contributed by atoms with Gasteiger partial charge in [-0.15, -0.1) is 11.3 Å². The van der Waals surface area contributed by atoms with E-state index in [2.05, 4.69) is 11.9 Å². The SMILES string of the molecule is Cc1sc2c(c1C)C(c1cccc(Cl)c1)=NCC(=O)N2CC(=O)N1CCCCCC1. The summed E-state index contributed by atoms with van der Waals surface area (Å²) in [7, 11) is 0. The van der Waals surface area contributed by atoms with Gasteiger partial charge in [0.05, 0.1) is 5.71 Å². The van der Waals surface area contributed by atoms with Crippen molar-refractivity contribution in [1.82, 2.24) is 4.90 Å². The standard InChI is InChI=1S/C23H26ClN3O2S/c1-15-16(2)30-23-21(15)22(17-8-7-9-18(24)12-17)25-13-19(28)27(23)14-20(29)26-10-5-3-4-6-11-26/h7-9,12H,3-6,10-11,13-14H2,1-2H3. The van der Waals surface area contributed by atoms with Crippen LogP contribution >= 0.6 is 22.9 Å². The molecule has 7 heteroatoms. The van der Waals surface area contributed by atoms with E-state index in [-0.39, 0.29) is 24.9 Å². The van der Waals surface area contributed by atoms with Gasteiger partial charge >= 0.3 is 0 Å². The zero-order valence-electron chi connectivity index (χ0n) is 17.4. The maximum Gasteiger partial charge on any atom is 0.249 e. The molecule has 1 saturated heterocycles. The Hall–Kier alpha value is -2.18. The largest absolute Gasteiger partial charge is 0.341 e. The predicted octanol–water partition coefficient (Wildman–Crippen LogP) is 4.60. The Balaban J connectivity index is 1.71. The Morgan fingerprint density at radius 3 is 2.60 bits per heavy atom. The summed E-state index contributed by atoms with van der Waals surface area (Å²) in [6.45, 7) is 5.75. The normalized spacial score (nSPS) is 17.3. The lowest BCUT2D eigenvalue weighted by Crippen LogP contribution is -2.43. The van der Waals surface area contributed by atoms with Crippen LogP contribution in [0.1, 0.15) is 47.3 Å². The molecule has 3 heterocycles. The van der Waals surface area contributed by atoms with Crippen LogP contribution in [-0.2, 0) is 9.59 Å². The first-order valence-electron chi connectivity index (χ1n) is 10.4. The highest BCUT2D eigenvalue weighted by atomic mass is 35.5. The molecule has 0 saturated carbocycles. The van der Waals surface area contributed by atoms with Gasteiger partial charge in [0.1, 0.15) is 18.1 Å². The van der Waals surface area contributed by atoms with Crippen molar-refractivity contribution in [1.29, 1.82) is 0 Å². The van der Waals surface area contributed by atoms with Gasteiger partial charge < -0.3 is 4.90 Å². The molecule has 0 bridgehead atoms. The lowest BCUT2D eigenvalue weighted by molar-refractivity contribution is -0.131. The number of hydrogen-bond donors (Lipinski definition) is 0. The van der Waals surface area contributed by atoms with Gasteiger partial charge in [-0.2, -0.15) is 0 Å².